The van der Waals surface area contributed by atoms with Crippen molar-refractivity contribution in [2.75, 3.05) is 0 Å². The summed E-state index contributed by atoms with van der Waals surface area (Å²) in [4.78, 5) is 17.7. The van der Waals surface area contributed by atoms with Crippen LogP contribution in [0.25, 0.3) is 22.8 Å². The van der Waals surface area contributed by atoms with Gasteiger partial charge in [-0.2, -0.15) is 0 Å². The molecule has 3 N–H and O–H groups in total. The zero-order valence-corrected chi connectivity index (χ0v) is 24.2. The second kappa shape index (κ2) is 18.6. The summed E-state index contributed by atoms with van der Waals surface area (Å²) < 4.78 is 67.9. The Balaban J connectivity index is 0. The molecule has 4 rings (SSSR count). The molecule has 0 atom stereocenters. The van der Waals surface area contributed by atoms with Crippen LogP contribution >= 0.6 is 0 Å². The van der Waals surface area contributed by atoms with E-state index in [2.05, 4.69) is 19.9 Å². The third-order valence-corrected chi connectivity index (χ3v) is 4.08. The Labute approximate surface area is 245 Å². The maximum Gasteiger partial charge on any atom is 2.00 e. The summed E-state index contributed by atoms with van der Waals surface area (Å²) in [6, 6.07) is 23.9. The van der Waals surface area contributed by atoms with Crippen LogP contribution in [0.15, 0.2) is 72.8 Å². The molecule has 0 aromatic carbocycles. The van der Waals surface area contributed by atoms with Crippen molar-refractivity contribution in [2.24, 2.45) is 0 Å². The van der Waals surface area contributed by atoms with Gasteiger partial charge in [0.1, 0.15) is 0 Å². The molecule has 0 amide bonds. The second-order valence-corrected chi connectivity index (χ2v) is 8.92. The van der Waals surface area contributed by atoms with E-state index in [4.69, 9.17) is 37.3 Å². The largest absolute Gasteiger partial charge is 2.00 e. The molecular weight excluding hydrogens is 618 g/mol. The number of aryl methyl sites for hydroxylation is 4. The molecule has 0 aliphatic carbocycles. The predicted molar refractivity (Wildman–Crippen MR) is 119 cm³/mol. The average Bonchev–Trinajstić information content (AvgIpc) is 2.77. The minimum Gasteiger partial charge on any atom is -0.457 e. The van der Waals surface area contributed by atoms with Gasteiger partial charge in [0.15, 0.2) is 0 Å². The van der Waals surface area contributed by atoms with E-state index in [9.17, 15) is 0 Å². The number of rotatable bonds is 2. The minimum atomic E-state index is -4.94. The Morgan fingerprint density at radius 3 is 0.675 bits per heavy atom. The Morgan fingerprint density at radius 1 is 0.400 bits per heavy atom. The summed E-state index contributed by atoms with van der Waals surface area (Å²) in [6.07, 6.45) is 0. The van der Waals surface area contributed by atoms with Crippen LogP contribution in [-0.4, -0.2) is 19.9 Å². The van der Waals surface area contributed by atoms with Gasteiger partial charge < -0.3 is 5.48 Å². The third kappa shape index (κ3) is 20.3. The number of nitrogens with zero attached hydrogens (tertiary/aromatic N) is 4. The van der Waals surface area contributed by atoms with Gasteiger partial charge in [-0.1, -0.05) is 24.3 Å². The maximum atomic E-state index is 8.49. The summed E-state index contributed by atoms with van der Waals surface area (Å²) in [7, 11) is -9.89. The number of pyridine rings is 4. The molecule has 0 spiro atoms. The van der Waals surface area contributed by atoms with Crippen molar-refractivity contribution < 1.29 is 80.0 Å². The molecule has 13 nitrogen and oxygen atoms in total. The van der Waals surface area contributed by atoms with Gasteiger partial charge >= 0.3 is 16.8 Å². The molecule has 219 valence electrons. The maximum absolute atomic E-state index is 8.49. The van der Waals surface area contributed by atoms with Crippen molar-refractivity contribution in [1.82, 2.24) is 19.9 Å². The summed E-state index contributed by atoms with van der Waals surface area (Å²) in [5, 5.41) is 0. The van der Waals surface area contributed by atoms with Crippen LogP contribution in [0.3, 0.4) is 0 Å². The fourth-order valence-corrected chi connectivity index (χ4v) is 2.74. The zero-order chi connectivity index (χ0) is 28.9. The Kier molecular flexibility index (Phi) is 18.4. The van der Waals surface area contributed by atoms with Crippen molar-refractivity contribution in [3.05, 3.63) is 95.6 Å². The summed E-state index contributed by atoms with van der Waals surface area (Å²) >= 11 is 0. The second-order valence-electron chi connectivity index (χ2n) is 7.41. The quantitative estimate of drug-likeness (QED) is 0.186. The number of halogens is 2. The molecule has 0 aliphatic heterocycles. The minimum absolute atomic E-state index is 0. The molecule has 0 aliphatic rings. The molecule has 4 aromatic rings. The van der Waals surface area contributed by atoms with E-state index in [0.29, 0.717) is 0 Å². The van der Waals surface area contributed by atoms with E-state index in [1.807, 2.05) is 100 Å². The molecule has 0 fully saturated rings. The molecule has 4 aromatic heterocycles. The molecule has 0 unspecified atom stereocenters. The van der Waals surface area contributed by atoms with Gasteiger partial charge in [-0.05, 0) is 76.2 Å². The van der Waals surface area contributed by atoms with Gasteiger partial charge in [-0.25, -0.2) is 37.3 Å². The average molecular weight is 645 g/mol. The van der Waals surface area contributed by atoms with Gasteiger partial charge in [0, 0.05) is 22.8 Å². The Bertz CT molecular complexity index is 1100. The fourth-order valence-electron chi connectivity index (χ4n) is 2.74. The molecule has 0 bridgehead atoms. The van der Waals surface area contributed by atoms with E-state index in [-0.39, 0.29) is 22.3 Å². The van der Waals surface area contributed by atoms with Crippen LogP contribution < -0.4 is 37.3 Å². The van der Waals surface area contributed by atoms with Crippen molar-refractivity contribution in [1.29, 1.82) is 0 Å². The molecular formula is C24H27Cl2CoN4O9+. The molecule has 0 saturated carbocycles. The number of hydrogen-bond acceptors (Lipinski definition) is 12. The van der Waals surface area contributed by atoms with Crippen molar-refractivity contribution >= 4 is 0 Å². The van der Waals surface area contributed by atoms with Crippen LogP contribution in [0.5, 0.6) is 0 Å². The first-order valence-electron chi connectivity index (χ1n) is 10.5. The molecule has 16 heteroatoms. The smallest absolute Gasteiger partial charge is 0.457 e. The van der Waals surface area contributed by atoms with Crippen molar-refractivity contribution in [3.8, 4) is 22.8 Å². The molecule has 4 heterocycles. The van der Waals surface area contributed by atoms with Gasteiger partial charge in [0.25, 0.3) is 0 Å². The van der Waals surface area contributed by atoms with E-state index >= 15 is 0 Å². The summed E-state index contributed by atoms with van der Waals surface area (Å²) in [5.41, 5.74) is 7.83. The fraction of sp³-hybridized carbons (Fsp3) is 0.167. The van der Waals surface area contributed by atoms with Crippen molar-refractivity contribution in [3.63, 3.8) is 0 Å². The monoisotopic (exact) mass is 644 g/mol. The molecule has 0 saturated heterocycles. The van der Waals surface area contributed by atoms with Crippen LogP contribution in [0.2, 0.25) is 0 Å². The normalized spacial score (nSPS) is 10.1. The van der Waals surface area contributed by atoms with E-state index in [1.54, 1.807) is 0 Å². The summed E-state index contributed by atoms with van der Waals surface area (Å²) in [5.74, 6) is 0. The number of aromatic nitrogens is 4. The first kappa shape index (κ1) is 39.5. The first-order valence-corrected chi connectivity index (χ1v) is 13.0. The Hall–Kier alpha value is -2.67. The van der Waals surface area contributed by atoms with Crippen LogP contribution in [0.1, 0.15) is 22.8 Å². The zero-order valence-electron chi connectivity index (χ0n) is 21.6. The van der Waals surface area contributed by atoms with Crippen molar-refractivity contribution in [2.45, 2.75) is 27.7 Å². The van der Waals surface area contributed by atoms with Gasteiger partial charge in [0.05, 0.1) is 22.8 Å². The van der Waals surface area contributed by atoms with E-state index in [0.717, 1.165) is 45.6 Å². The third-order valence-electron chi connectivity index (χ3n) is 4.08. The van der Waals surface area contributed by atoms with Crippen LogP contribution in [0, 0.1) is 48.2 Å². The van der Waals surface area contributed by atoms with Gasteiger partial charge in [-0.3, -0.25) is 19.9 Å². The summed E-state index contributed by atoms with van der Waals surface area (Å²) in [6.45, 7) is 7.94. The molecule has 40 heavy (non-hydrogen) atoms. The van der Waals surface area contributed by atoms with Gasteiger partial charge in [-0.15, -0.1) is 20.5 Å². The molecule has 1 radical (unpaired) electrons. The standard InChI is InChI=1S/2C12H12N2.2ClHO4.Co.H2O/c2*1-9-5-3-7-11(13-9)12-8-4-6-10(2)14-12;2*2-1(3,4)5;;/h2*3-8H,1-2H3;2*(H,2,3,4,5);;1H2/q;;;;+2;/p-1. The topological polar surface area (TPSA) is 269 Å². The first-order chi connectivity index (χ1) is 17.5. The number of hydrogen-bond donors (Lipinski definition) is 0. The van der Waals surface area contributed by atoms with E-state index in [1.165, 1.54) is 0 Å². The van der Waals surface area contributed by atoms with Crippen LogP contribution in [-0.2, 0) is 22.3 Å². The van der Waals surface area contributed by atoms with Gasteiger partial charge in [0.2, 0.25) is 0 Å². The SMILES string of the molecule is Cc1cccc(-c2cccc(C)n2)n1.Cc1cccc(-c2cccc(C)n2)n1.[Co+2].[O-][Cl+3]([O-])([O-])[O-].[O-][Cl+3]([O-])([O-])[O-].[OH3+]. The van der Waals surface area contributed by atoms with E-state index < -0.39 is 20.5 Å². The predicted octanol–water partition coefficient (Wildman–Crippen LogP) is -4.92. The Morgan fingerprint density at radius 2 is 0.550 bits per heavy atom. The van der Waals surface area contributed by atoms with Crippen LogP contribution in [0.4, 0.5) is 0 Å².